The summed E-state index contributed by atoms with van der Waals surface area (Å²) in [5.74, 6) is 1.17. The third kappa shape index (κ3) is 2.68. The third-order valence-corrected chi connectivity index (χ3v) is 5.47. The molecule has 1 aromatic heterocycles. The monoisotopic (exact) mass is 292 g/mol. The zero-order valence-corrected chi connectivity index (χ0v) is 12.7. The molecule has 21 heavy (non-hydrogen) atoms. The largest absolute Gasteiger partial charge is 0.481 e. The summed E-state index contributed by atoms with van der Waals surface area (Å²) in [6, 6.07) is 0. The molecule has 0 aromatic carbocycles. The maximum atomic E-state index is 11.8. The SMILES string of the molecule is CC1CCCC1c1nnnn1CC1(C(=O)O)CCCCC1. The second kappa shape index (κ2) is 5.73. The average molecular weight is 292 g/mol. The smallest absolute Gasteiger partial charge is 0.311 e. The molecule has 3 rings (SSSR count). The van der Waals surface area contributed by atoms with Crippen LogP contribution in [0.2, 0.25) is 0 Å². The van der Waals surface area contributed by atoms with E-state index < -0.39 is 11.4 Å². The molecule has 2 saturated carbocycles. The van der Waals surface area contributed by atoms with Crippen LogP contribution in [0.1, 0.15) is 70.0 Å². The predicted octanol–water partition coefficient (Wildman–Crippen LogP) is 2.61. The lowest BCUT2D eigenvalue weighted by Gasteiger charge is -2.33. The topological polar surface area (TPSA) is 80.9 Å². The number of carboxylic acids is 1. The molecule has 0 spiro atoms. The number of hydrogen-bond donors (Lipinski definition) is 1. The van der Waals surface area contributed by atoms with Crippen molar-refractivity contribution >= 4 is 5.97 Å². The number of aromatic nitrogens is 4. The van der Waals surface area contributed by atoms with Gasteiger partial charge in [-0.3, -0.25) is 4.79 Å². The van der Waals surface area contributed by atoms with Crippen molar-refractivity contribution in [3.8, 4) is 0 Å². The summed E-state index contributed by atoms with van der Waals surface area (Å²) in [6.07, 6.45) is 8.13. The zero-order chi connectivity index (χ0) is 14.9. The molecule has 2 unspecified atom stereocenters. The second-order valence-electron chi connectivity index (χ2n) is 6.86. The molecule has 0 saturated heterocycles. The number of carbonyl (C=O) groups is 1. The quantitative estimate of drug-likeness (QED) is 0.922. The Morgan fingerprint density at radius 2 is 2.05 bits per heavy atom. The van der Waals surface area contributed by atoms with Crippen molar-refractivity contribution in [3.63, 3.8) is 0 Å². The van der Waals surface area contributed by atoms with Gasteiger partial charge in [0, 0.05) is 5.92 Å². The molecule has 1 N–H and O–H groups in total. The number of carboxylic acid groups (broad SMARTS) is 1. The van der Waals surface area contributed by atoms with E-state index in [4.69, 9.17) is 0 Å². The van der Waals surface area contributed by atoms with E-state index in [9.17, 15) is 9.90 Å². The van der Waals surface area contributed by atoms with Gasteiger partial charge in [-0.25, -0.2) is 4.68 Å². The van der Waals surface area contributed by atoms with E-state index in [0.717, 1.165) is 44.3 Å². The molecule has 2 fully saturated rings. The second-order valence-corrected chi connectivity index (χ2v) is 6.86. The zero-order valence-electron chi connectivity index (χ0n) is 12.7. The van der Waals surface area contributed by atoms with Crippen molar-refractivity contribution in [1.82, 2.24) is 20.2 Å². The third-order valence-electron chi connectivity index (χ3n) is 5.47. The van der Waals surface area contributed by atoms with Crippen LogP contribution >= 0.6 is 0 Å². The summed E-state index contributed by atoms with van der Waals surface area (Å²) in [7, 11) is 0. The van der Waals surface area contributed by atoms with Crippen LogP contribution in [0, 0.1) is 11.3 Å². The molecule has 1 heterocycles. The van der Waals surface area contributed by atoms with Crippen molar-refractivity contribution < 1.29 is 9.90 Å². The molecule has 2 atom stereocenters. The summed E-state index contributed by atoms with van der Waals surface area (Å²) >= 11 is 0. The number of aliphatic carboxylic acids is 1. The molecule has 2 aliphatic rings. The first-order chi connectivity index (χ1) is 10.1. The molecule has 6 heteroatoms. The van der Waals surface area contributed by atoms with Crippen LogP contribution in [-0.2, 0) is 11.3 Å². The minimum absolute atomic E-state index is 0.384. The molecule has 116 valence electrons. The molecule has 0 aliphatic heterocycles. The van der Waals surface area contributed by atoms with E-state index >= 15 is 0 Å². The van der Waals surface area contributed by atoms with E-state index in [1.54, 1.807) is 4.68 Å². The Bertz CT molecular complexity index is 508. The summed E-state index contributed by atoms with van der Waals surface area (Å²) in [6.45, 7) is 2.66. The van der Waals surface area contributed by atoms with Gasteiger partial charge in [-0.1, -0.05) is 32.6 Å². The summed E-state index contributed by atoms with van der Waals surface area (Å²) in [5, 5.41) is 21.9. The van der Waals surface area contributed by atoms with Gasteiger partial charge in [0.25, 0.3) is 0 Å². The highest BCUT2D eigenvalue weighted by molar-refractivity contribution is 5.74. The Morgan fingerprint density at radius 1 is 1.29 bits per heavy atom. The Morgan fingerprint density at radius 3 is 2.67 bits per heavy atom. The summed E-state index contributed by atoms with van der Waals surface area (Å²) in [4.78, 5) is 11.8. The molecule has 0 bridgehead atoms. The highest BCUT2D eigenvalue weighted by atomic mass is 16.4. The van der Waals surface area contributed by atoms with Crippen molar-refractivity contribution in [2.24, 2.45) is 11.3 Å². The maximum absolute atomic E-state index is 11.8. The first kappa shape index (κ1) is 14.5. The van der Waals surface area contributed by atoms with Crippen LogP contribution in [0.3, 0.4) is 0 Å². The van der Waals surface area contributed by atoms with Crippen LogP contribution in [0.25, 0.3) is 0 Å². The molecule has 6 nitrogen and oxygen atoms in total. The van der Waals surface area contributed by atoms with E-state index in [1.807, 2.05) is 0 Å². The fourth-order valence-electron chi connectivity index (χ4n) is 4.07. The van der Waals surface area contributed by atoms with Gasteiger partial charge in [0.2, 0.25) is 0 Å². The van der Waals surface area contributed by atoms with Crippen LogP contribution in [0.4, 0.5) is 0 Å². The van der Waals surface area contributed by atoms with E-state index in [0.29, 0.717) is 18.4 Å². The summed E-state index contributed by atoms with van der Waals surface area (Å²) < 4.78 is 1.78. The average Bonchev–Trinajstić information content (AvgIpc) is 3.08. The van der Waals surface area contributed by atoms with Gasteiger partial charge in [0.15, 0.2) is 5.82 Å². The first-order valence-corrected chi connectivity index (χ1v) is 8.12. The fraction of sp³-hybridized carbons (Fsp3) is 0.867. The molecular formula is C15H24N4O2. The van der Waals surface area contributed by atoms with E-state index in [1.165, 1.54) is 12.8 Å². The Balaban J connectivity index is 1.84. The lowest BCUT2D eigenvalue weighted by molar-refractivity contribution is -0.152. The summed E-state index contributed by atoms with van der Waals surface area (Å²) in [5.41, 5.74) is -0.676. The van der Waals surface area contributed by atoms with Gasteiger partial charge >= 0.3 is 5.97 Å². The number of tetrazole rings is 1. The Hall–Kier alpha value is -1.46. The van der Waals surface area contributed by atoms with Gasteiger partial charge in [-0.15, -0.1) is 5.10 Å². The van der Waals surface area contributed by atoms with E-state index in [-0.39, 0.29) is 0 Å². The van der Waals surface area contributed by atoms with Crippen LogP contribution in [0.5, 0.6) is 0 Å². The number of rotatable bonds is 4. The van der Waals surface area contributed by atoms with Crippen molar-refractivity contribution in [2.75, 3.05) is 0 Å². The normalized spacial score (nSPS) is 28.6. The van der Waals surface area contributed by atoms with Crippen molar-refractivity contribution in [3.05, 3.63) is 5.82 Å². The maximum Gasteiger partial charge on any atom is 0.311 e. The lowest BCUT2D eigenvalue weighted by atomic mass is 9.74. The van der Waals surface area contributed by atoms with Gasteiger partial charge in [0.05, 0.1) is 12.0 Å². The van der Waals surface area contributed by atoms with Crippen LogP contribution in [-0.4, -0.2) is 31.3 Å². The number of hydrogen-bond acceptors (Lipinski definition) is 4. The van der Waals surface area contributed by atoms with Crippen LogP contribution in [0.15, 0.2) is 0 Å². The van der Waals surface area contributed by atoms with Gasteiger partial charge in [0.1, 0.15) is 0 Å². The first-order valence-electron chi connectivity index (χ1n) is 8.12. The minimum Gasteiger partial charge on any atom is -0.481 e. The predicted molar refractivity (Wildman–Crippen MR) is 76.7 cm³/mol. The molecule has 1 aromatic rings. The highest BCUT2D eigenvalue weighted by Gasteiger charge is 2.41. The highest BCUT2D eigenvalue weighted by Crippen LogP contribution is 2.41. The standard InChI is InChI=1S/C15H24N4O2/c1-11-6-5-7-12(11)13-16-17-18-19(13)10-15(14(20)21)8-3-2-4-9-15/h11-12H,2-10H2,1H3,(H,20,21). The minimum atomic E-state index is -0.692. The molecule has 0 amide bonds. The molecular weight excluding hydrogens is 268 g/mol. The molecule has 0 radical (unpaired) electrons. The van der Waals surface area contributed by atoms with Gasteiger partial charge in [-0.2, -0.15) is 0 Å². The van der Waals surface area contributed by atoms with Crippen molar-refractivity contribution in [1.29, 1.82) is 0 Å². The van der Waals surface area contributed by atoms with Crippen molar-refractivity contribution in [2.45, 2.75) is 70.8 Å². The Labute approximate surface area is 124 Å². The molecule has 2 aliphatic carbocycles. The van der Waals surface area contributed by atoms with Gasteiger partial charge in [-0.05, 0) is 42.0 Å². The number of nitrogens with zero attached hydrogens (tertiary/aromatic N) is 4. The van der Waals surface area contributed by atoms with Gasteiger partial charge < -0.3 is 5.11 Å². The van der Waals surface area contributed by atoms with Crippen LogP contribution < -0.4 is 0 Å². The Kier molecular flexibility index (Phi) is 3.95. The fourth-order valence-corrected chi connectivity index (χ4v) is 4.07. The lowest BCUT2D eigenvalue weighted by Crippen LogP contribution is -2.38. The van der Waals surface area contributed by atoms with E-state index in [2.05, 4.69) is 22.4 Å².